The molecule has 0 bridgehead atoms. The predicted molar refractivity (Wildman–Crippen MR) is 94.3 cm³/mol. The Morgan fingerprint density at radius 1 is 1.04 bits per heavy atom. The molecule has 3 aromatic rings. The molecule has 7 nitrogen and oxygen atoms in total. The van der Waals surface area contributed by atoms with Crippen LogP contribution in [-0.4, -0.2) is 28.5 Å². The summed E-state index contributed by atoms with van der Waals surface area (Å²) in [6.45, 7) is 0.873. The maximum absolute atomic E-state index is 12.9. The highest BCUT2D eigenvalue weighted by molar-refractivity contribution is 5.60. The maximum atomic E-state index is 12.9. The van der Waals surface area contributed by atoms with Crippen molar-refractivity contribution < 1.29 is 13.9 Å². The van der Waals surface area contributed by atoms with Gasteiger partial charge in [-0.05, 0) is 36.2 Å². The van der Waals surface area contributed by atoms with Crippen molar-refractivity contribution in [3.63, 3.8) is 0 Å². The van der Waals surface area contributed by atoms with E-state index in [0.29, 0.717) is 29.8 Å². The van der Waals surface area contributed by atoms with E-state index in [0.717, 1.165) is 17.7 Å². The molecule has 0 unspecified atom stereocenters. The Kier molecular flexibility index (Phi) is 4.46. The van der Waals surface area contributed by atoms with Crippen molar-refractivity contribution in [1.29, 1.82) is 0 Å². The summed E-state index contributed by atoms with van der Waals surface area (Å²) in [5, 5.41) is 14.2. The van der Waals surface area contributed by atoms with Gasteiger partial charge >= 0.3 is 0 Å². The van der Waals surface area contributed by atoms with Crippen LogP contribution < -0.4 is 20.1 Å². The van der Waals surface area contributed by atoms with E-state index in [1.807, 2.05) is 18.2 Å². The third kappa shape index (κ3) is 3.80. The Balaban J connectivity index is 1.36. The number of benzene rings is 2. The number of hydrogen-bond donors (Lipinski definition) is 2. The number of rotatable bonds is 6. The molecule has 1 aromatic heterocycles. The fourth-order valence-electron chi connectivity index (χ4n) is 2.53. The fourth-order valence-corrected chi connectivity index (χ4v) is 2.53. The number of nitrogens with one attached hydrogen (secondary N) is 2. The van der Waals surface area contributed by atoms with Crippen molar-refractivity contribution in [2.45, 2.75) is 6.42 Å². The third-order valence-corrected chi connectivity index (χ3v) is 3.82. The average Bonchev–Trinajstić information content (AvgIpc) is 3.12. The highest BCUT2D eigenvalue weighted by Crippen LogP contribution is 2.34. The van der Waals surface area contributed by atoms with E-state index in [2.05, 4.69) is 25.8 Å². The van der Waals surface area contributed by atoms with Crippen LogP contribution in [0.25, 0.3) is 0 Å². The van der Waals surface area contributed by atoms with Gasteiger partial charge in [0.15, 0.2) is 17.3 Å². The van der Waals surface area contributed by atoms with Crippen molar-refractivity contribution in [1.82, 2.24) is 15.2 Å². The molecule has 2 aromatic carbocycles. The minimum atomic E-state index is -0.235. The molecule has 0 aliphatic carbocycles. The molecule has 0 atom stereocenters. The first-order chi connectivity index (χ1) is 12.8. The highest BCUT2D eigenvalue weighted by Gasteiger charge is 2.13. The van der Waals surface area contributed by atoms with E-state index in [1.165, 1.54) is 12.1 Å². The first-order valence-electron chi connectivity index (χ1n) is 8.11. The molecule has 0 radical (unpaired) electrons. The van der Waals surface area contributed by atoms with Crippen molar-refractivity contribution in [3.05, 3.63) is 60.0 Å². The van der Waals surface area contributed by atoms with Gasteiger partial charge in [-0.15, -0.1) is 5.10 Å². The molecule has 2 heterocycles. The van der Waals surface area contributed by atoms with Crippen molar-refractivity contribution >= 4 is 17.5 Å². The smallest absolute Gasteiger partial charge is 0.249 e. The first kappa shape index (κ1) is 16.1. The lowest BCUT2D eigenvalue weighted by molar-refractivity contribution is 0.174. The summed E-state index contributed by atoms with van der Waals surface area (Å²) in [7, 11) is 0. The zero-order valence-corrected chi connectivity index (χ0v) is 13.8. The maximum Gasteiger partial charge on any atom is 0.249 e. The summed E-state index contributed by atoms with van der Waals surface area (Å²) >= 11 is 0. The Hall–Kier alpha value is -3.42. The van der Waals surface area contributed by atoms with Crippen LogP contribution in [0.3, 0.4) is 0 Å². The summed E-state index contributed by atoms with van der Waals surface area (Å²) in [6, 6.07) is 11.9. The third-order valence-electron chi connectivity index (χ3n) is 3.82. The Labute approximate surface area is 149 Å². The number of nitrogens with zero attached hydrogens (tertiary/aromatic N) is 3. The Morgan fingerprint density at radius 3 is 2.77 bits per heavy atom. The number of fused-ring (bicyclic) bond motifs is 1. The summed E-state index contributed by atoms with van der Waals surface area (Å²) in [5.74, 6) is 2.13. The molecule has 8 heteroatoms. The minimum Gasteiger partial charge on any atom is -0.454 e. The quantitative estimate of drug-likeness (QED) is 0.704. The largest absolute Gasteiger partial charge is 0.454 e. The zero-order chi connectivity index (χ0) is 17.8. The summed E-state index contributed by atoms with van der Waals surface area (Å²) in [6.07, 6.45) is 2.30. The number of ether oxygens (including phenoxy) is 2. The molecule has 4 rings (SSSR count). The molecule has 2 N–H and O–H groups in total. The molecule has 26 heavy (non-hydrogen) atoms. The van der Waals surface area contributed by atoms with E-state index in [4.69, 9.17) is 9.47 Å². The average molecular weight is 353 g/mol. The molecule has 132 valence electrons. The number of aromatic nitrogens is 3. The second-order valence-corrected chi connectivity index (χ2v) is 5.66. The summed E-state index contributed by atoms with van der Waals surface area (Å²) in [5.41, 5.74) is 1.82. The van der Waals surface area contributed by atoms with E-state index in [1.54, 1.807) is 18.3 Å². The summed E-state index contributed by atoms with van der Waals surface area (Å²) in [4.78, 5) is 4.38. The second-order valence-electron chi connectivity index (χ2n) is 5.66. The van der Waals surface area contributed by atoms with Gasteiger partial charge in [0, 0.05) is 18.3 Å². The van der Waals surface area contributed by atoms with E-state index < -0.39 is 0 Å². The summed E-state index contributed by atoms with van der Waals surface area (Å²) < 4.78 is 23.5. The Morgan fingerprint density at radius 2 is 1.88 bits per heavy atom. The Bertz CT molecular complexity index is 904. The molecule has 0 saturated carbocycles. The van der Waals surface area contributed by atoms with Gasteiger partial charge in [0.05, 0.1) is 6.20 Å². The minimum absolute atomic E-state index is 0.226. The normalized spacial score (nSPS) is 12.0. The molecular formula is C18H16FN5O2. The molecule has 0 saturated heterocycles. The van der Waals surface area contributed by atoms with Crippen molar-refractivity contribution in [3.8, 4) is 11.5 Å². The number of anilines is 3. The topological polar surface area (TPSA) is 81.2 Å². The fraction of sp³-hybridized carbons (Fsp3) is 0.167. The highest BCUT2D eigenvalue weighted by atomic mass is 19.1. The van der Waals surface area contributed by atoms with Gasteiger partial charge in [0.2, 0.25) is 12.7 Å². The number of halogens is 1. The lowest BCUT2D eigenvalue weighted by Crippen LogP contribution is -2.08. The van der Waals surface area contributed by atoms with Crippen LogP contribution in [-0.2, 0) is 6.42 Å². The monoisotopic (exact) mass is 353 g/mol. The van der Waals surface area contributed by atoms with Gasteiger partial charge in [0.25, 0.3) is 0 Å². The molecule has 1 aliphatic rings. The van der Waals surface area contributed by atoms with Crippen LogP contribution in [0.2, 0.25) is 0 Å². The standard InChI is InChI=1S/C18H16FN5O2/c19-13-3-1-12(2-4-13)7-8-20-17-10-21-24-18(23-17)22-14-5-6-15-16(9-14)26-11-25-15/h1-6,9-10H,7-8,11H2,(H2,20,22,23,24). The second kappa shape index (κ2) is 7.22. The SMILES string of the molecule is Fc1ccc(CCNc2cnnc(Nc3ccc4c(c3)OCO4)n2)cc1. The zero-order valence-electron chi connectivity index (χ0n) is 13.8. The van der Waals surface area contributed by atoms with Gasteiger partial charge in [-0.2, -0.15) is 10.1 Å². The first-order valence-corrected chi connectivity index (χ1v) is 8.11. The predicted octanol–water partition coefficient (Wildman–Crippen LogP) is 3.14. The van der Waals surface area contributed by atoms with Gasteiger partial charge in [0.1, 0.15) is 5.82 Å². The van der Waals surface area contributed by atoms with E-state index in [9.17, 15) is 4.39 Å². The molecule has 1 aliphatic heterocycles. The molecule has 0 amide bonds. The molecular weight excluding hydrogens is 337 g/mol. The number of hydrogen-bond acceptors (Lipinski definition) is 7. The van der Waals surface area contributed by atoms with Gasteiger partial charge < -0.3 is 20.1 Å². The van der Waals surface area contributed by atoms with Crippen LogP contribution >= 0.6 is 0 Å². The van der Waals surface area contributed by atoms with Crippen molar-refractivity contribution in [2.75, 3.05) is 24.0 Å². The molecule has 0 spiro atoms. The van der Waals surface area contributed by atoms with Crippen molar-refractivity contribution in [2.24, 2.45) is 0 Å². The van der Waals surface area contributed by atoms with Crippen LogP contribution in [0.4, 0.5) is 21.8 Å². The van der Waals surface area contributed by atoms with Gasteiger partial charge in [-0.3, -0.25) is 0 Å². The van der Waals surface area contributed by atoms with Crippen LogP contribution in [0, 0.1) is 5.82 Å². The van der Waals surface area contributed by atoms with Gasteiger partial charge in [-0.25, -0.2) is 4.39 Å². The van der Waals surface area contributed by atoms with Crippen LogP contribution in [0.5, 0.6) is 11.5 Å². The lowest BCUT2D eigenvalue weighted by Gasteiger charge is -2.08. The van der Waals surface area contributed by atoms with Gasteiger partial charge in [-0.1, -0.05) is 12.1 Å². The van der Waals surface area contributed by atoms with Crippen LogP contribution in [0.15, 0.2) is 48.7 Å². The molecule has 0 fully saturated rings. The van der Waals surface area contributed by atoms with Crippen LogP contribution in [0.1, 0.15) is 5.56 Å². The van der Waals surface area contributed by atoms with E-state index in [-0.39, 0.29) is 12.6 Å². The lowest BCUT2D eigenvalue weighted by atomic mass is 10.1. The van der Waals surface area contributed by atoms with E-state index >= 15 is 0 Å².